The summed E-state index contributed by atoms with van der Waals surface area (Å²) in [4.78, 5) is 14.6. The van der Waals surface area contributed by atoms with E-state index in [1.165, 1.54) is 5.56 Å². The summed E-state index contributed by atoms with van der Waals surface area (Å²) in [6.45, 7) is 0.790. The normalized spacial score (nSPS) is 17.4. The van der Waals surface area contributed by atoms with Gasteiger partial charge in [0.05, 0.1) is 6.26 Å². The Morgan fingerprint density at radius 2 is 1.85 bits per heavy atom. The number of amides is 1. The van der Waals surface area contributed by atoms with Gasteiger partial charge in [0.1, 0.15) is 0 Å². The molecule has 1 aliphatic heterocycles. The summed E-state index contributed by atoms with van der Waals surface area (Å²) in [6.07, 6.45) is 7.42. The molecule has 1 atom stereocenters. The van der Waals surface area contributed by atoms with E-state index in [9.17, 15) is 13.2 Å². The molecule has 0 spiro atoms. The van der Waals surface area contributed by atoms with Crippen LogP contribution in [0.2, 0.25) is 0 Å². The number of carbonyl (C=O) groups is 1. The summed E-state index contributed by atoms with van der Waals surface area (Å²) in [5, 5.41) is 0. The lowest BCUT2D eigenvalue weighted by molar-refractivity contribution is -0.126. The van der Waals surface area contributed by atoms with E-state index in [1.54, 1.807) is 36.4 Å². The van der Waals surface area contributed by atoms with Crippen LogP contribution in [0.1, 0.15) is 24.0 Å². The zero-order chi connectivity index (χ0) is 19.3. The molecule has 2 aromatic carbocycles. The van der Waals surface area contributed by atoms with Gasteiger partial charge in [-0.25, -0.2) is 8.42 Å². The first kappa shape index (κ1) is 19.2. The highest BCUT2D eigenvalue weighted by Gasteiger charge is 2.27. The highest BCUT2D eigenvalue weighted by molar-refractivity contribution is 7.92. The fraction of sp³-hybridized carbons (Fsp3) is 0.286. The Morgan fingerprint density at radius 1 is 1.15 bits per heavy atom. The first-order valence-electron chi connectivity index (χ1n) is 9.01. The lowest BCUT2D eigenvalue weighted by Gasteiger charge is -2.23. The van der Waals surface area contributed by atoms with Gasteiger partial charge >= 0.3 is 0 Å². The van der Waals surface area contributed by atoms with Crippen molar-refractivity contribution in [3.05, 3.63) is 71.8 Å². The van der Waals surface area contributed by atoms with Gasteiger partial charge in [0, 0.05) is 24.4 Å². The molecule has 0 saturated carbocycles. The number of rotatable bonds is 6. The number of nitrogens with one attached hydrogen (secondary N) is 1. The molecule has 1 heterocycles. The minimum Gasteiger partial charge on any atom is -0.336 e. The molecule has 0 bridgehead atoms. The summed E-state index contributed by atoms with van der Waals surface area (Å²) in [7, 11) is -3.29. The van der Waals surface area contributed by atoms with Crippen molar-refractivity contribution < 1.29 is 13.2 Å². The number of carbonyl (C=O) groups excluding carboxylic acids is 1. The summed E-state index contributed by atoms with van der Waals surface area (Å²) in [5.74, 6) is 0.0202. The van der Waals surface area contributed by atoms with Gasteiger partial charge in [-0.1, -0.05) is 42.5 Å². The maximum absolute atomic E-state index is 12.6. The van der Waals surface area contributed by atoms with Crippen LogP contribution in [-0.2, 0) is 21.2 Å². The van der Waals surface area contributed by atoms with Gasteiger partial charge in [-0.2, -0.15) is 0 Å². The predicted octanol–water partition coefficient (Wildman–Crippen LogP) is 3.31. The predicted molar refractivity (Wildman–Crippen MR) is 109 cm³/mol. The summed E-state index contributed by atoms with van der Waals surface area (Å²) < 4.78 is 24.9. The molecule has 3 rings (SSSR count). The third-order valence-corrected chi connectivity index (χ3v) is 5.21. The Labute approximate surface area is 160 Å². The van der Waals surface area contributed by atoms with Crippen LogP contribution in [-0.4, -0.2) is 38.1 Å². The monoisotopic (exact) mass is 384 g/mol. The van der Waals surface area contributed by atoms with Crippen LogP contribution in [0.5, 0.6) is 0 Å². The molecular formula is C21H24N2O3S. The van der Waals surface area contributed by atoms with Gasteiger partial charge in [-0.3, -0.25) is 9.52 Å². The van der Waals surface area contributed by atoms with Crippen molar-refractivity contribution in [2.45, 2.75) is 25.3 Å². The second-order valence-corrected chi connectivity index (χ2v) is 8.60. The minimum absolute atomic E-state index is 0.0202. The Hall–Kier alpha value is -2.60. The van der Waals surface area contributed by atoms with E-state index >= 15 is 0 Å². The van der Waals surface area contributed by atoms with Crippen molar-refractivity contribution in [1.82, 2.24) is 4.90 Å². The van der Waals surface area contributed by atoms with E-state index < -0.39 is 10.0 Å². The smallest absolute Gasteiger partial charge is 0.246 e. The highest BCUT2D eigenvalue weighted by atomic mass is 32.2. The fourth-order valence-corrected chi connectivity index (χ4v) is 3.93. The molecule has 27 heavy (non-hydrogen) atoms. The molecule has 0 aliphatic carbocycles. The van der Waals surface area contributed by atoms with E-state index in [0.29, 0.717) is 5.69 Å². The molecule has 0 radical (unpaired) electrons. The Bertz CT molecular complexity index is 906. The van der Waals surface area contributed by atoms with Gasteiger partial charge in [-0.05, 0) is 48.6 Å². The lowest BCUT2D eigenvalue weighted by Crippen LogP contribution is -2.35. The third-order valence-electron chi connectivity index (χ3n) is 4.61. The summed E-state index contributed by atoms with van der Waals surface area (Å²) in [5.41, 5.74) is 2.60. The standard InChI is InChI=1S/C21H24N2O3S/c1-27(25,26)22-19-12-9-17(10-13-19)11-14-21(24)23-15-5-8-20(23)16-18-6-3-2-4-7-18/h2-4,6-7,9-14,20,22H,5,8,15-16H2,1H3/b14-11+. The second kappa shape index (κ2) is 8.39. The molecule has 1 unspecified atom stereocenters. The van der Waals surface area contributed by atoms with Crippen LogP contribution in [0, 0.1) is 0 Å². The third kappa shape index (κ3) is 5.69. The van der Waals surface area contributed by atoms with Crippen molar-refractivity contribution >= 4 is 27.7 Å². The number of sulfonamides is 1. The van der Waals surface area contributed by atoms with Crippen LogP contribution in [0.25, 0.3) is 6.08 Å². The molecule has 2 aromatic rings. The van der Waals surface area contributed by atoms with Gasteiger partial charge in [0.2, 0.25) is 15.9 Å². The fourth-order valence-electron chi connectivity index (χ4n) is 3.36. The molecule has 1 saturated heterocycles. The van der Waals surface area contributed by atoms with Crippen molar-refractivity contribution in [1.29, 1.82) is 0 Å². The maximum Gasteiger partial charge on any atom is 0.246 e. The Kier molecular flexibility index (Phi) is 5.96. The lowest BCUT2D eigenvalue weighted by atomic mass is 10.0. The molecule has 1 N–H and O–H groups in total. The zero-order valence-electron chi connectivity index (χ0n) is 15.3. The Morgan fingerprint density at radius 3 is 2.52 bits per heavy atom. The van der Waals surface area contributed by atoms with E-state index in [4.69, 9.17) is 0 Å². The van der Waals surface area contributed by atoms with Crippen molar-refractivity contribution in [3.8, 4) is 0 Å². The van der Waals surface area contributed by atoms with Crippen molar-refractivity contribution in [3.63, 3.8) is 0 Å². The first-order chi connectivity index (χ1) is 12.9. The van der Waals surface area contributed by atoms with E-state index in [2.05, 4.69) is 16.9 Å². The number of hydrogen-bond acceptors (Lipinski definition) is 3. The second-order valence-electron chi connectivity index (χ2n) is 6.85. The van der Waals surface area contributed by atoms with Crippen molar-refractivity contribution in [2.75, 3.05) is 17.5 Å². The average molecular weight is 385 g/mol. The largest absolute Gasteiger partial charge is 0.336 e. The topological polar surface area (TPSA) is 66.5 Å². The van der Waals surface area contributed by atoms with Crippen LogP contribution >= 0.6 is 0 Å². The average Bonchev–Trinajstić information content (AvgIpc) is 3.09. The minimum atomic E-state index is -3.29. The number of benzene rings is 2. The number of nitrogens with zero attached hydrogens (tertiary/aromatic N) is 1. The molecule has 1 amide bonds. The quantitative estimate of drug-likeness (QED) is 0.777. The van der Waals surface area contributed by atoms with Crippen LogP contribution < -0.4 is 4.72 Å². The van der Waals surface area contributed by atoms with Gasteiger partial charge < -0.3 is 4.90 Å². The van der Waals surface area contributed by atoms with E-state index in [0.717, 1.165) is 37.6 Å². The molecule has 5 nitrogen and oxygen atoms in total. The molecule has 1 aliphatic rings. The summed E-state index contributed by atoms with van der Waals surface area (Å²) >= 11 is 0. The van der Waals surface area contributed by atoms with Crippen molar-refractivity contribution in [2.24, 2.45) is 0 Å². The van der Waals surface area contributed by atoms with Crippen LogP contribution in [0.4, 0.5) is 5.69 Å². The number of hydrogen-bond donors (Lipinski definition) is 1. The number of anilines is 1. The molecular weight excluding hydrogens is 360 g/mol. The summed E-state index contributed by atoms with van der Waals surface area (Å²) in [6, 6.07) is 17.4. The highest BCUT2D eigenvalue weighted by Crippen LogP contribution is 2.22. The number of likely N-dealkylation sites (tertiary alicyclic amines) is 1. The SMILES string of the molecule is CS(=O)(=O)Nc1ccc(/C=C/C(=O)N2CCCC2Cc2ccccc2)cc1. The maximum atomic E-state index is 12.6. The van der Waals surface area contributed by atoms with E-state index in [-0.39, 0.29) is 11.9 Å². The molecule has 6 heteroatoms. The van der Waals surface area contributed by atoms with Gasteiger partial charge in [0.15, 0.2) is 0 Å². The molecule has 142 valence electrons. The first-order valence-corrected chi connectivity index (χ1v) is 10.9. The zero-order valence-corrected chi connectivity index (χ0v) is 16.2. The van der Waals surface area contributed by atoms with Crippen LogP contribution in [0.15, 0.2) is 60.7 Å². The van der Waals surface area contributed by atoms with Gasteiger partial charge in [0.25, 0.3) is 0 Å². The Balaban J connectivity index is 1.62. The molecule has 1 fully saturated rings. The van der Waals surface area contributed by atoms with Crippen LogP contribution in [0.3, 0.4) is 0 Å². The van der Waals surface area contributed by atoms with E-state index in [1.807, 2.05) is 23.1 Å². The molecule has 0 aromatic heterocycles. The van der Waals surface area contributed by atoms with Gasteiger partial charge in [-0.15, -0.1) is 0 Å².